The van der Waals surface area contributed by atoms with E-state index in [2.05, 4.69) is 105 Å². The summed E-state index contributed by atoms with van der Waals surface area (Å²) in [5, 5.41) is 0. The van der Waals surface area contributed by atoms with E-state index in [1.54, 1.807) is 7.11 Å². The van der Waals surface area contributed by atoms with Crippen molar-refractivity contribution in [3.8, 4) is 17.0 Å². The van der Waals surface area contributed by atoms with Gasteiger partial charge in [-0.05, 0) is 61.4 Å². The summed E-state index contributed by atoms with van der Waals surface area (Å²) in [6, 6.07) is 28.1. The van der Waals surface area contributed by atoms with Crippen molar-refractivity contribution in [3.63, 3.8) is 0 Å². The van der Waals surface area contributed by atoms with E-state index in [0.717, 1.165) is 67.9 Å². The maximum atomic E-state index is 6.04. The molecule has 0 amide bonds. The standard InChI is InChI=1S/C34H40N2O/c1-5-29-20-13-21-30(6-2)32(29)33-26(3)34(37-4)31(23-35-33)25-36(24-28-17-11-8-12-18-28)22-14-19-27-15-9-7-10-16-27/h7-13,15-18,20-21,23H,5-6,14,19,22,24-25H2,1-4H3. The minimum atomic E-state index is 0.803. The van der Waals surface area contributed by atoms with Gasteiger partial charge in [-0.1, -0.05) is 92.7 Å². The maximum absolute atomic E-state index is 6.04. The van der Waals surface area contributed by atoms with Gasteiger partial charge in [0.15, 0.2) is 0 Å². The largest absolute Gasteiger partial charge is 0.496 e. The fourth-order valence-electron chi connectivity index (χ4n) is 5.29. The highest BCUT2D eigenvalue weighted by molar-refractivity contribution is 5.73. The molecule has 1 aromatic heterocycles. The van der Waals surface area contributed by atoms with Crippen molar-refractivity contribution in [3.05, 3.63) is 118 Å². The van der Waals surface area contributed by atoms with Crippen molar-refractivity contribution in [1.82, 2.24) is 9.88 Å². The van der Waals surface area contributed by atoms with Gasteiger partial charge < -0.3 is 4.74 Å². The van der Waals surface area contributed by atoms with E-state index in [-0.39, 0.29) is 0 Å². The van der Waals surface area contributed by atoms with Gasteiger partial charge in [0.25, 0.3) is 0 Å². The predicted molar refractivity (Wildman–Crippen MR) is 155 cm³/mol. The molecule has 192 valence electrons. The zero-order chi connectivity index (χ0) is 26.0. The molecule has 0 aliphatic rings. The zero-order valence-electron chi connectivity index (χ0n) is 22.8. The van der Waals surface area contributed by atoms with E-state index in [0.29, 0.717) is 0 Å². The van der Waals surface area contributed by atoms with Crippen LogP contribution in [0.2, 0.25) is 0 Å². The number of hydrogen-bond acceptors (Lipinski definition) is 3. The van der Waals surface area contributed by atoms with E-state index in [9.17, 15) is 0 Å². The molecule has 0 unspecified atom stereocenters. The lowest BCUT2D eigenvalue weighted by atomic mass is 9.92. The number of benzene rings is 3. The van der Waals surface area contributed by atoms with E-state index in [4.69, 9.17) is 9.72 Å². The molecule has 0 atom stereocenters. The van der Waals surface area contributed by atoms with Crippen molar-refractivity contribution in [2.45, 2.75) is 59.5 Å². The lowest BCUT2D eigenvalue weighted by Gasteiger charge is -2.25. The topological polar surface area (TPSA) is 25.4 Å². The second-order valence-corrected chi connectivity index (χ2v) is 9.73. The summed E-state index contributed by atoms with van der Waals surface area (Å²) < 4.78 is 6.04. The van der Waals surface area contributed by atoms with Gasteiger partial charge in [-0.15, -0.1) is 0 Å². The predicted octanol–water partition coefficient (Wildman–Crippen LogP) is 7.83. The number of nitrogens with zero attached hydrogens (tertiary/aromatic N) is 2. The van der Waals surface area contributed by atoms with Crippen molar-refractivity contribution in [1.29, 1.82) is 0 Å². The number of methoxy groups -OCH3 is 1. The molecule has 0 saturated carbocycles. The highest BCUT2D eigenvalue weighted by Crippen LogP contribution is 2.36. The summed E-state index contributed by atoms with van der Waals surface area (Å²) in [5.41, 5.74) is 10.0. The first-order chi connectivity index (χ1) is 18.1. The van der Waals surface area contributed by atoms with Gasteiger partial charge in [0.05, 0.1) is 12.8 Å². The molecule has 0 bridgehead atoms. The summed E-state index contributed by atoms with van der Waals surface area (Å²) in [5.74, 6) is 0.957. The number of hydrogen-bond donors (Lipinski definition) is 0. The van der Waals surface area contributed by atoms with E-state index in [1.807, 2.05) is 6.20 Å². The SMILES string of the molecule is CCc1cccc(CC)c1-c1ncc(CN(CCCc2ccccc2)Cc2ccccc2)c(OC)c1C. The average molecular weight is 493 g/mol. The third-order valence-electron chi connectivity index (χ3n) is 7.20. The first-order valence-electron chi connectivity index (χ1n) is 13.6. The average Bonchev–Trinajstić information content (AvgIpc) is 2.94. The lowest BCUT2D eigenvalue weighted by Crippen LogP contribution is -2.25. The van der Waals surface area contributed by atoms with Crippen LogP contribution in [0.5, 0.6) is 5.75 Å². The molecule has 0 N–H and O–H groups in total. The number of rotatable bonds is 12. The van der Waals surface area contributed by atoms with E-state index >= 15 is 0 Å². The molecule has 3 nitrogen and oxygen atoms in total. The highest BCUT2D eigenvalue weighted by atomic mass is 16.5. The first kappa shape index (κ1) is 26.6. The molecular weight excluding hydrogens is 452 g/mol. The molecule has 1 heterocycles. The minimum Gasteiger partial charge on any atom is -0.496 e. The Morgan fingerprint density at radius 1 is 0.730 bits per heavy atom. The Balaban J connectivity index is 1.62. The van der Waals surface area contributed by atoms with Crippen LogP contribution in [0.25, 0.3) is 11.3 Å². The van der Waals surface area contributed by atoms with Crippen LogP contribution in [0.4, 0.5) is 0 Å². The van der Waals surface area contributed by atoms with Crippen LogP contribution in [0.3, 0.4) is 0 Å². The van der Waals surface area contributed by atoms with Crippen LogP contribution < -0.4 is 4.74 Å². The normalized spacial score (nSPS) is 11.2. The second-order valence-electron chi connectivity index (χ2n) is 9.73. The summed E-state index contributed by atoms with van der Waals surface area (Å²) >= 11 is 0. The summed E-state index contributed by atoms with van der Waals surface area (Å²) in [6.07, 6.45) is 6.20. The lowest BCUT2D eigenvalue weighted by molar-refractivity contribution is 0.249. The Bertz CT molecular complexity index is 1250. The van der Waals surface area contributed by atoms with Gasteiger partial charge >= 0.3 is 0 Å². The maximum Gasteiger partial charge on any atom is 0.129 e. The molecule has 3 aromatic carbocycles. The summed E-state index contributed by atoms with van der Waals surface area (Å²) in [6.45, 7) is 9.31. The van der Waals surface area contributed by atoms with Gasteiger partial charge in [-0.2, -0.15) is 0 Å². The Labute approximate surface area is 223 Å². The smallest absolute Gasteiger partial charge is 0.129 e. The van der Waals surface area contributed by atoms with E-state index < -0.39 is 0 Å². The van der Waals surface area contributed by atoms with Gasteiger partial charge in [0.1, 0.15) is 5.75 Å². The third kappa shape index (κ3) is 6.67. The van der Waals surface area contributed by atoms with E-state index in [1.165, 1.54) is 27.8 Å². The van der Waals surface area contributed by atoms with Crippen molar-refractivity contribution >= 4 is 0 Å². The molecule has 0 saturated heterocycles. The Morgan fingerprint density at radius 2 is 1.35 bits per heavy atom. The molecule has 4 aromatic rings. The number of aryl methyl sites for hydroxylation is 3. The molecule has 37 heavy (non-hydrogen) atoms. The fourth-order valence-corrected chi connectivity index (χ4v) is 5.29. The Morgan fingerprint density at radius 3 is 1.95 bits per heavy atom. The van der Waals surface area contributed by atoms with Crippen LogP contribution >= 0.6 is 0 Å². The van der Waals surface area contributed by atoms with Gasteiger partial charge in [-0.25, -0.2) is 0 Å². The molecule has 0 spiro atoms. The monoisotopic (exact) mass is 492 g/mol. The first-order valence-corrected chi connectivity index (χ1v) is 13.6. The Hall–Kier alpha value is -3.43. The number of aromatic nitrogens is 1. The molecule has 0 aliphatic carbocycles. The molecule has 4 rings (SSSR count). The number of ether oxygens (including phenoxy) is 1. The molecule has 3 heteroatoms. The summed E-state index contributed by atoms with van der Waals surface area (Å²) in [7, 11) is 1.79. The van der Waals surface area contributed by atoms with Gasteiger partial charge in [0.2, 0.25) is 0 Å². The van der Waals surface area contributed by atoms with Crippen LogP contribution in [-0.4, -0.2) is 23.5 Å². The van der Waals surface area contributed by atoms with Crippen molar-refractivity contribution in [2.75, 3.05) is 13.7 Å². The second kappa shape index (κ2) is 13.2. The quantitative estimate of drug-likeness (QED) is 0.201. The molecule has 0 aliphatic heterocycles. The Kier molecular flexibility index (Phi) is 9.51. The van der Waals surface area contributed by atoms with Crippen molar-refractivity contribution in [2.24, 2.45) is 0 Å². The third-order valence-corrected chi connectivity index (χ3v) is 7.20. The molecule has 0 fully saturated rings. The number of pyridine rings is 1. The highest BCUT2D eigenvalue weighted by Gasteiger charge is 2.19. The van der Waals surface area contributed by atoms with Gasteiger partial charge in [0, 0.05) is 36.0 Å². The molecular formula is C34H40N2O. The fraction of sp³-hybridized carbons (Fsp3) is 0.324. The minimum absolute atomic E-state index is 0.803. The van der Waals surface area contributed by atoms with Crippen LogP contribution in [0.15, 0.2) is 85.1 Å². The van der Waals surface area contributed by atoms with Crippen molar-refractivity contribution < 1.29 is 4.74 Å². The van der Waals surface area contributed by atoms with Crippen LogP contribution in [-0.2, 0) is 32.4 Å². The molecule has 0 radical (unpaired) electrons. The zero-order valence-corrected chi connectivity index (χ0v) is 22.8. The van der Waals surface area contributed by atoms with Crippen LogP contribution in [0, 0.1) is 6.92 Å². The van der Waals surface area contributed by atoms with Crippen LogP contribution in [0.1, 0.15) is 53.6 Å². The van der Waals surface area contributed by atoms with Gasteiger partial charge in [-0.3, -0.25) is 9.88 Å². The summed E-state index contributed by atoms with van der Waals surface area (Å²) in [4.78, 5) is 7.58.